The molecule has 0 amide bonds. The molecule has 0 atom stereocenters. The third kappa shape index (κ3) is 16.4. The van der Waals surface area contributed by atoms with Crippen LogP contribution in [-0.2, 0) is 4.65 Å². The highest BCUT2D eigenvalue weighted by Gasteiger charge is 2.08. The van der Waals surface area contributed by atoms with Gasteiger partial charge in [0.1, 0.15) is 0 Å². The summed E-state index contributed by atoms with van der Waals surface area (Å²) in [6, 6.07) is 0. The van der Waals surface area contributed by atoms with Crippen LogP contribution in [0.4, 0.5) is 0 Å². The van der Waals surface area contributed by atoms with E-state index >= 15 is 0 Å². The second-order valence-electron chi connectivity index (χ2n) is 6.68. The van der Waals surface area contributed by atoms with Crippen molar-refractivity contribution in [2.24, 2.45) is 0 Å². The molecule has 0 rings (SSSR count). The van der Waals surface area contributed by atoms with Crippen molar-refractivity contribution >= 4 is 7.69 Å². The lowest BCUT2D eigenvalue weighted by molar-refractivity contribution is 0.156. The lowest BCUT2D eigenvalue weighted by Gasteiger charge is -2.16. The van der Waals surface area contributed by atoms with Crippen LogP contribution in [0.5, 0.6) is 0 Å². The lowest BCUT2D eigenvalue weighted by Crippen LogP contribution is -2.15. The highest BCUT2D eigenvalue weighted by Crippen LogP contribution is 2.16. The first kappa shape index (κ1) is 22.0. The summed E-state index contributed by atoms with van der Waals surface area (Å²) in [6.07, 6.45) is 21.2. The van der Waals surface area contributed by atoms with E-state index in [1.807, 2.05) is 0 Å². The number of hydrogen-bond donors (Lipinski definition) is 1. The van der Waals surface area contributed by atoms with Gasteiger partial charge in [0.25, 0.3) is 0 Å². The molecule has 22 heavy (non-hydrogen) atoms. The summed E-state index contributed by atoms with van der Waals surface area (Å²) in [4.78, 5) is 0. The molecule has 1 N–H and O–H groups in total. The fourth-order valence-electron chi connectivity index (χ4n) is 3.02. The predicted octanol–water partition coefficient (Wildman–Crippen LogP) is 6.18. The van der Waals surface area contributed by atoms with Crippen molar-refractivity contribution in [3.8, 4) is 0 Å². The first-order valence-corrected chi connectivity index (χ1v) is 9.96. The fourth-order valence-corrected chi connectivity index (χ4v) is 3.02. The molecule has 0 aromatic carbocycles. The van der Waals surface area contributed by atoms with Crippen molar-refractivity contribution in [3.05, 3.63) is 0 Å². The molecule has 0 unspecified atom stereocenters. The monoisotopic (exact) mass is 311 g/mol. The normalized spacial score (nSPS) is 11.3. The van der Waals surface area contributed by atoms with Gasteiger partial charge in [-0.3, -0.25) is 0 Å². The molecule has 0 saturated heterocycles. The Morgan fingerprint density at radius 3 is 1.36 bits per heavy atom. The van der Waals surface area contributed by atoms with E-state index in [1.54, 1.807) is 0 Å². The van der Waals surface area contributed by atoms with Crippen molar-refractivity contribution in [2.45, 2.75) is 123 Å². The summed E-state index contributed by atoms with van der Waals surface area (Å²) in [7, 11) is 0.896. The summed E-state index contributed by atoms with van der Waals surface area (Å²) >= 11 is 0. The molecule has 131 valence electrons. The molecule has 3 heteroatoms. The van der Waals surface area contributed by atoms with Gasteiger partial charge in [-0.05, 0) is 12.8 Å². The Kier molecular flexibility index (Phi) is 19.0. The fraction of sp³-hybridized carbons (Fsp3) is 1.00. The van der Waals surface area contributed by atoms with Crippen LogP contribution in [0.2, 0.25) is 0 Å². The number of unbranched alkanes of at least 4 members (excludes halogenated alkanes) is 12. The van der Waals surface area contributed by atoms with Crippen molar-refractivity contribution < 1.29 is 9.68 Å². The van der Waals surface area contributed by atoms with Crippen molar-refractivity contribution in [3.63, 3.8) is 0 Å². The van der Waals surface area contributed by atoms with Crippen LogP contribution in [0.1, 0.15) is 117 Å². The molecule has 0 fully saturated rings. The Balaban J connectivity index is 3.44. The predicted molar refractivity (Wildman–Crippen MR) is 98.1 cm³/mol. The third-order valence-corrected chi connectivity index (χ3v) is 4.51. The van der Waals surface area contributed by atoms with Gasteiger partial charge in [0, 0.05) is 6.10 Å². The molecule has 1 radical (unpaired) electrons. The van der Waals surface area contributed by atoms with Gasteiger partial charge < -0.3 is 9.68 Å². The van der Waals surface area contributed by atoms with Gasteiger partial charge >= 0.3 is 7.69 Å². The maximum atomic E-state index is 8.89. The molecule has 0 aromatic heterocycles. The molecule has 0 saturated carbocycles. The van der Waals surface area contributed by atoms with E-state index < -0.39 is 0 Å². The summed E-state index contributed by atoms with van der Waals surface area (Å²) in [6.45, 7) is 4.52. The van der Waals surface area contributed by atoms with Crippen molar-refractivity contribution in [1.29, 1.82) is 0 Å². The van der Waals surface area contributed by atoms with E-state index in [2.05, 4.69) is 13.8 Å². The zero-order chi connectivity index (χ0) is 16.3. The maximum absolute atomic E-state index is 8.89. The van der Waals surface area contributed by atoms with Gasteiger partial charge in [0.2, 0.25) is 0 Å². The second-order valence-corrected chi connectivity index (χ2v) is 6.68. The molecular weight excluding hydrogens is 271 g/mol. The summed E-state index contributed by atoms with van der Waals surface area (Å²) < 4.78 is 5.36. The Labute approximate surface area is 140 Å². The number of hydrogen-bond acceptors (Lipinski definition) is 2. The molecule has 0 aliphatic rings. The molecule has 0 heterocycles. The van der Waals surface area contributed by atoms with Gasteiger partial charge in [-0.15, -0.1) is 0 Å². The molecule has 0 spiro atoms. The molecule has 0 aliphatic heterocycles. The van der Waals surface area contributed by atoms with E-state index in [1.165, 1.54) is 89.9 Å². The Hall–Kier alpha value is -0.0151. The molecule has 2 nitrogen and oxygen atoms in total. The standard InChI is InChI=1S/C19H40BO2/c1-3-5-7-9-11-13-15-17-19(22-20-21)18-16-14-12-10-8-6-4-2/h19,21H,3-18H2,1-2H3. The zero-order valence-electron chi connectivity index (χ0n) is 15.3. The van der Waals surface area contributed by atoms with E-state index in [0.717, 1.165) is 20.5 Å². The van der Waals surface area contributed by atoms with Gasteiger partial charge in [0.05, 0.1) is 0 Å². The van der Waals surface area contributed by atoms with E-state index in [-0.39, 0.29) is 6.10 Å². The van der Waals surface area contributed by atoms with Crippen LogP contribution >= 0.6 is 0 Å². The van der Waals surface area contributed by atoms with Crippen LogP contribution in [0.3, 0.4) is 0 Å². The first-order valence-electron chi connectivity index (χ1n) is 9.96. The highest BCUT2D eigenvalue weighted by atomic mass is 16.5. The quantitative estimate of drug-likeness (QED) is 0.242. The topological polar surface area (TPSA) is 29.5 Å². The summed E-state index contributed by atoms with van der Waals surface area (Å²) in [5, 5.41) is 8.89. The van der Waals surface area contributed by atoms with Crippen LogP contribution in [0, 0.1) is 0 Å². The van der Waals surface area contributed by atoms with E-state index in [9.17, 15) is 0 Å². The second kappa shape index (κ2) is 19.0. The summed E-state index contributed by atoms with van der Waals surface area (Å²) in [5.41, 5.74) is 0. The van der Waals surface area contributed by atoms with Gasteiger partial charge in [-0.2, -0.15) is 0 Å². The van der Waals surface area contributed by atoms with Crippen LogP contribution < -0.4 is 0 Å². The Morgan fingerprint density at radius 2 is 1.00 bits per heavy atom. The van der Waals surface area contributed by atoms with Gasteiger partial charge in [-0.1, -0.05) is 104 Å². The Bertz CT molecular complexity index is 182. The largest absolute Gasteiger partial charge is 0.485 e. The lowest BCUT2D eigenvalue weighted by atomic mass is 10.0. The zero-order valence-corrected chi connectivity index (χ0v) is 15.3. The smallest absolute Gasteiger partial charge is 0.429 e. The SMILES string of the molecule is CCCCCCCCCC(CCCCCCCCC)O[B]O. The minimum atomic E-state index is 0.233. The highest BCUT2D eigenvalue weighted by molar-refractivity contribution is 6.15. The number of rotatable bonds is 18. The first-order chi connectivity index (χ1) is 10.8. The maximum Gasteiger partial charge on any atom is 0.485 e. The third-order valence-electron chi connectivity index (χ3n) is 4.51. The van der Waals surface area contributed by atoms with Gasteiger partial charge in [-0.25, -0.2) is 0 Å². The molecule has 0 aromatic rings. The van der Waals surface area contributed by atoms with Crippen molar-refractivity contribution in [1.82, 2.24) is 0 Å². The van der Waals surface area contributed by atoms with Gasteiger partial charge in [0.15, 0.2) is 0 Å². The van der Waals surface area contributed by atoms with E-state index in [0.29, 0.717) is 0 Å². The van der Waals surface area contributed by atoms with Crippen LogP contribution in [0.25, 0.3) is 0 Å². The minimum absolute atomic E-state index is 0.233. The molecule has 0 aliphatic carbocycles. The molecular formula is C19H40BO2. The van der Waals surface area contributed by atoms with E-state index in [4.69, 9.17) is 9.68 Å². The average molecular weight is 311 g/mol. The molecule has 0 bridgehead atoms. The van der Waals surface area contributed by atoms with Crippen LogP contribution in [0.15, 0.2) is 0 Å². The van der Waals surface area contributed by atoms with Crippen LogP contribution in [-0.4, -0.2) is 18.8 Å². The summed E-state index contributed by atoms with van der Waals surface area (Å²) in [5.74, 6) is 0. The van der Waals surface area contributed by atoms with Crippen molar-refractivity contribution in [2.75, 3.05) is 0 Å². The minimum Gasteiger partial charge on any atom is -0.429 e. The Morgan fingerprint density at radius 1 is 0.636 bits per heavy atom. The average Bonchev–Trinajstić information content (AvgIpc) is 2.53.